The number of amides is 1. The molecule has 0 saturated heterocycles. The SMILES string of the molecule is Cc1cc(C(=O)N2CCc3cc(F)ccc3C2)cc(C)c1I. The minimum atomic E-state index is -0.206. The minimum Gasteiger partial charge on any atom is -0.334 e. The Kier molecular flexibility index (Phi) is 4.21. The average Bonchev–Trinajstić information content (AvgIpc) is 2.50. The second-order valence-corrected chi connectivity index (χ2v) is 6.89. The summed E-state index contributed by atoms with van der Waals surface area (Å²) < 4.78 is 14.5. The van der Waals surface area contributed by atoms with Crippen molar-refractivity contribution in [1.29, 1.82) is 0 Å². The number of carbonyl (C=O) groups excluding carboxylic acids is 1. The molecule has 0 atom stereocenters. The molecule has 0 saturated carbocycles. The van der Waals surface area contributed by atoms with Crippen molar-refractivity contribution in [2.45, 2.75) is 26.8 Å². The van der Waals surface area contributed by atoms with E-state index in [0.717, 1.165) is 27.8 Å². The highest BCUT2D eigenvalue weighted by Gasteiger charge is 2.22. The van der Waals surface area contributed by atoms with Crippen molar-refractivity contribution in [1.82, 2.24) is 4.90 Å². The maximum Gasteiger partial charge on any atom is 0.254 e. The average molecular weight is 409 g/mol. The quantitative estimate of drug-likeness (QED) is 0.646. The lowest BCUT2D eigenvalue weighted by Crippen LogP contribution is -2.36. The van der Waals surface area contributed by atoms with Gasteiger partial charge in [0, 0.05) is 22.2 Å². The zero-order valence-corrected chi connectivity index (χ0v) is 14.8. The molecule has 114 valence electrons. The topological polar surface area (TPSA) is 20.3 Å². The van der Waals surface area contributed by atoms with Crippen LogP contribution in [-0.2, 0) is 13.0 Å². The Balaban J connectivity index is 1.86. The number of nitrogens with zero attached hydrogens (tertiary/aromatic N) is 1. The van der Waals surface area contributed by atoms with Crippen LogP contribution in [0.5, 0.6) is 0 Å². The van der Waals surface area contributed by atoms with Crippen LogP contribution >= 0.6 is 22.6 Å². The highest BCUT2D eigenvalue weighted by Crippen LogP contribution is 2.24. The molecule has 22 heavy (non-hydrogen) atoms. The predicted molar refractivity (Wildman–Crippen MR) is 93.5 cm³/mol. The van der Waals surface area contributed by atoms with E-state index in [-0.39, 0.29) is 11.7 Å². The van der Waals surface area contributed by atoms with Crippen molar-refractivity contribution in [3.05, 3.63) is 67.5 Å². The maximum absolute atomic E-state index is 13.3. The number of rotatable bonds is 1. The Morgan fingerprint density at radius 1 is 1.14 bits per heavy atom. The van der Waals surface area contributed by atoms with Crippen LogP contribution in [0.2, 0.25) is 0 Å². The second kappa shape index (κ2) is 5.99. The molecule has 1 aliphatic heterocycles. The largest absolute Gasteiger partial charge is 0.334 e. The molecule has 0 bridgehead atoms. The summed E-state index contributed by atoms with van der Waals surface area (Å²) in [5.74, 6) is -0.153. The number of hydrogen-bond donors (Lipinski definition) is 0. The van der Waals surface area contributed by atoms with E-state index >= 15 is 0 Å². The van der Waals surface area contributed by atoms with Crippen molar-refractivity contribution >= 4 is 28.5 Å². The smallest absolute Gasteiger partial charge is 0.254 e. The molecule has 1 amide bonds. The van der Waals surface area contributed by atoms with Crippen molar-refractivity contribution in [2.24, 2.45) is 0 Å². The van der Waals surface area contributed by atoms with E-state index in [2.05, 4.69) is 22.6 Å². The summed E-state index contributed by atoms with van der Waals surface area (Å²) in [5, 5.41) is 0. The van der Waals surface area contributed by atoms with Crippen molar-refractivity contribution in [3.63, 3.8) is 0 Å². The van der Waals surface area contributed by atoms with E-state index in [1.807, 2.05) is 30.9 Å². The molecule has 1 aliphatic rings. The molecule has 2 aromatic carbocycles. The first kappa shape index (κ1) is 15.5. The van der Waals surface area contributed by atoms with Gasteiger partial charge in [-0.3, -0.25) is 4.79 Å². The van der Waals surface area contributed by atoms with Gasteiger partial charge in [0.15, 0.2) is 0 Å². The van der Waals surface area contributed by atoms with Crippen LogP contribution in [0.15, 0.2) is 30.3 Å². The number of aryl methyl sites for hydroxylation is 2. The van der Waals surface area contributed by atoms with Crippen molar-refractivity contribution in [2.75, 3.05) is 6.54 Å². The maximum atomic E-state index is 13.3. The summed E-state index contributed by atoms with van der Waals surface area (Å²) in [4.78, 5) is 14.6. The Bertz CT molecular complexity index is 734. The monoisotopic (exact) mass is 409 g/mol. The zero-order valence-electron chi connectivity index (χ0n) is 12.6. The molecule has 2 nitrogen and oxygen atoms in total. The van der Waals surface area contributed by atoms with E-state index in [4.69, 9.17) is 0 Å². The molecule has 0 radical (unpaired) electrons. The van der Waals surface area contributed by atoms with Crippen molar-refractivity contribution in [3.8, 4) is 0 Å². The van der Waals surface area contributed by atoms with Crippen LogP contribution in [-0.4, -0.2) is 17.4 Å². The molecule has 0 unspecified atom stereocenters. The van der Waals surface area contributed by atoms with Crippen LogP contribution in [0.1, 0.15) is 32.6 Å². The van der Waals surface area contributed by atoms with E-state index in [0.29, 0.717) is 19.5 Å². The summed E-state index contributed by atoms with van der Waals surface area (Å²) in [6, 6.07) is 8.74. The van der Waals surface area contributed by atoms with E-state index in [9.17, 15) is 9.18 Å². The Morgan fingerprint density at radius 3 is 2.50 bits per heavy atom. The number of hydrogen-bond acceptors (Lipinski definition) is 1. The molecule has 4 heteroatoms. The van der Waals surface area contributed by atoms with Gasteiger partial charge in [-0.1, -0.05) is 6.07 Å². The van der Waals surface area contributed by atoms with Crippen LogP contribution in [0.3, 0.4) is 0 Å². The third-order valence-electron chi connectivity index (χ3n) is 4.15. The highest BCUT2D eigenvalue weighted by atomic mass is 127. The molecular formula is C18H17FINO. The van der Waals surface area contributed by atoms with E-state index in [1.165, 1.54) is 9.64 Å². The van der Waals surface area contributed by atoms with Crippen LogP contribution in [0.25, 0.3) is 0 Å². The summed E-state index contributed by atoms with van der Waals surface area (Å²) in [5.41, 5.74) is 5.05. The van der Waals surface area contributed by atoms with Gasteiger partial charge in [-0.05, 0) is 89.4 Å². The number of carbonyl (C=O) groups is 1. The van der Waals surface area contributed by atoms with Gasteiger partial charge in [0.25, 0.3) is 5.91 Å². The first-order valence-electron chi connectivity index (χ1n) is 7.29. The molecule has 3 rings (SSSR count). The molecule has 0 spiro atoms. The van der Waals surface area contributed by atoms with Crippen LogP contribution < -0.4 is 0 Å². The van der Waals surface area contributed by atoms with E-state index < -0.39 is 0 Å². The first-order valence-corrected chi connectivity index (χ1v) is 8.37. The molecule has 2 aromatic rings. The Labute approximate surface area is 143 Å². The molecule has 0 N–H and O–H groups in total. The van der Waals surface area contributed by atoms with Crippen molar-refractivity contribution < 1.29 is 9.18 Å². The Morgan fingerprint density at radius 2 is 1.82 bits per heavy atom. The predicted octanol–water partition coefficient (Wildman–Crippen LogP) is 4.25. The summed E-state index contributed by atoms with van der Waals surface area (Å²) >= 11 is 2.31. The van der Waals surface area contributed by atoms with Gasteiger partial charge in [0.05, 0.1) is 0 Å². The zero-order chi connectivity index (χ0) is 15.9. The molecule has 0 fully saturated rings. The van der Waals surface area contributed by atoms with E-state index in [1.54, 1.807) is 12.1 Å². The fraction of sp³-hybridized carbons (Fsp3) is 0.278. The molecule has 1 heterocycles. The highest BCUT2D eigenvalue weighted by molar-refractivity contribution is 14.1. The summed E-state index contributed by atoms with van der Waals surface area (Å²) in [6.07, 6.45) is 0.709. The fourth-order valence-corrected chi connectivity index (χ4v) is 3.26. The third kappa shape index (κ3) is 2.89. The summed E-state index contributed by atoms with van der Waals surface area (Å²) in [7, 11) is 0. The van der Waals surface area contributed by atoms with Gasteiger partial charge in [-0.15, -0.1) is 0 Å². The normalized spacial score (nSPS) is 13.9. The number of halogens is 2. The lowest BCUT2D eigenvalue weighted by Gasteiger charge is -2.29. The van der Waals surface area contributed by atoms with Crippen LogP contribution in [0.4, 0.5) is 4.39 Å². The van der Waals surface area contributed by atoms with Gasteiger partial charge in [-0.2, -0.15) is 0 Å². The lowest BCUT2D eigenvalue weighted by molar-refractivity contribution is 0.0734. The molecule has 0 aliphatic carbocycles. The number of benzene rings is 2. The third-order valence-corrected chi connectivity index (χ3v) is 5.85. The minimum absolute atomic E-state index is 0.0533. The van der Waals surface area contributed by atoms with Gasteiger partial charge >= 0.3 is 0 Å². The molecule has 0 aromatic heterocycles. The lowest BCUT2D eigenvalue weighted by atomic mass is 9.98. The van der Waals surface area contributed by atoms with Gasteiger partial charge in [-0.25, -0.2) is 4.39 Å². The Hall–Kier alpha value is -1.43. The van der Waals surface area contributed by atoms with Gasteiger partial charge < -0.3 is 4.90 Å². The standard InChI is InChI=1S/C18H17FINO/c1-11-7-15(8-12(2)17(11)20)18(22)21-6-5-13-9-16(19)4-3-14(13)10-21/h3-4,7-9H,5-6,10H2,1-2H3. The second-order valence-electron chi connectivity index (χ2n) is 5.81. The number of fused-ring (bicyclic) bond motifs is 1. The van der Waals surface area contributed by atoms with Crippen LogP contribution in [0, 0.1) is 23.2 Å². The van der Waals surface area contributed by atoms with Gasteiger partial charge in [0.1, 0.15) is 5.82 Å². The fourth-order valence-electron chi connectivity index (χ4n) is 2.95. The van der Waals surface area contributed by atoms with Gasteiger partial charge in [0.2, 0.25) is 0 Å². The summed E-state index contributed by atoms with van der Waals surface area (Å²) in [6.45, 7) is 5.25. The first-order chi connectivity index (χ1) is 10.5. The molecular weight excluding hydrogens is 392 g/mol.